The summed E-state index contributed by atoms with van der Waals surface area (Å²) in [6.45, 7) is 0. The molecule has 0 aliphatic carbocycles. The third kappa shape index (κ3) is 8.17. The second-order valence-corrected chi connectivity index (χ2v) is 9.24. The molecule has 0 atom stereocenters. The van der Waals surface area contributed by atoms with Crippen LogP contribution in [0.5, 0.6) is 5.75 Å². The number of benzene rings is 3. The summed E-state index contributed by atoms with van der Waals surface area (Å²) in [6, 6.07) is 19.9. The van der Waals surface area contributed by atoms with Crippen LogP contribution >= 0.6 is 0 Å². The van der Waals surface area contributed by atoms with Crippen LogP contribution in [0.25, 0.3) is 11.6 Å². The van der Waals surface area contributed by atoms with E-state index < -0.39 is 5.82 Å². The van der Waals surface area contributed by atoms with Gasteiger partial charge in [-0.2, -0.15) is 0 Å². The highest BCUT2D eigenvalue weighted by Crippen LogP contribution is 2.20. The molecule has 1 heterocycles. The Kier molecular flexibility index (Phi) is 9.29. The van der Waals surface area contributed by atoms with E-state index in [1.807, 2.05) is 24.3 Å². The molecule has 0 spiro atoms. The molecule has 0 aromatic heterocycles. The van der Waals surface area contributed by atoms with Gasteiger partial charge in [0.1, 0.15) is 11.6 Å². The summed E-state index contributed by atoms with van der Waals surface area (Å²) in [4.78, 5) is 47.4. The highest BCUT2D eigenvalue weighted by atomic mass is 19.1. The van der Waals surface area contributed by atoms with Gasteiger partial charge < -0.3 is 4.74 Å². The van der Waals surface area contributed by atoms with Gasteiger partial charge in [-0.1, -0.05) is 55.3 Å². The molecule has 6 nitrogen and oxygen atoms in total. The van der Waals surface area contributed by atoms with E-state index in [0.717, 1.165) is 48.8 Å². The zero-order chi connectivity index (χ0) is 27.6. The van der Waals surface area contributed by atoms with Crippen molar-refractivity contribution in [2.24, 2.45) is 0 Å². The van der Waals surface area contributed by atoms with Crippen molar-refractivity contribution in [2.75, 3.05) is 0 Å². The van der Waals surface area contributed by atoms with Crippen LogP contribution in [-0.2, 0) is 20.8 Å². The number of hydrogen-bond acceptors (Lipinski definition) is 5. The first kappa shape index (κ1) is 27.4. The normalized spacial score (nSPS) is 12.9. The maximum absolute atomic E-state index is 13.0. The van der Waals surface area contributed by atoms with E-state index in [-0.39, 0.29) is 23.6 Å². The molecule has 2 amide bonds. The van der Waals surface area contributed by atoms with Crippen molar-refractivity contribution in [1.82, 2.24) is 5.32 Å². The Morgan fingerprint density at radius 3 is 2.18 bits per heavy atom. The summed E-state index contributed by atoms with van der Waals surface area (Å²) < 4.78 is 18.4. The van der Waals surface area contributed by atoms with Gasteiger partial charge in [0.25, 0.3) is 11.8 Å². The Morgan fingerprint density at radius 1 is 0.821 bits per heavy atom. The molecular formula is C32H28FNO5. The summed E-state index contributed by atoms with van der Waals surface area (Å²) in [5.74, 6) is -1.22. The molecule has 4 rings (SSSR count). The number of nitrogens with one attached hydrogen (secondary N) is 1. The van der Waals surface area contributed by atoms with Crippen LogP contribution in [-0.4, -0.2) is 23.6 Å². The fourth-order valence-electron chi connectivity index (χ4n) is 4.14. The molecule has 39 heavy (non-hydrogen) atoms. The quantitative estimate of drug-likeness (QED) is 0.0799. The molecule has 0 saturated heterocycles. The average Bonchev–Trinajstić information content (AvgIpc) is 3.28. The summed E-state index contributed by atoms with van der Waals surface area (Å²) in [7, 11) is 0. The molecule has 3 aromatic rings. The monoisotopic (exact) mass is 525 g/mol. The molecular weight excluding hydrogens is 497 g/mol. The predicted octanol–water partition coefficient (Wildman–Crippen LogP) is 5.86. The smallest absolute Gasteiger partial charge is 0.311 e. The molecule has 3 aromatic carbocycles. The number of allylic oxidation sites excluding steroid dienone is 1. The second kappa shape index (κ2) is 13.2. The number of hydrogen-bond donors (Lipinski definition) is 1. The van der Waals surface area contributed by atoms with Gasteiger partial charge in [-0.25, -0.2) is 4.39 Å². The number of aryl methyl sites for hydroxylation is 1. The van der Waals surface area contributed by atoms with Crippen molar-refractivity contribution < 1.29 is 28.3 Å². The van der Waals surface area contributed by atoms with Crippen LogP contribution in [0.15, 0.2) is 84.9 Å². The van der Waals surface area contributed by atoms with Crippen molar-refractivity contribution in [2.45, 2.75) is 38.5 Å². The Hall–Kier alpha value is -4.65. The Labute approximate surface area is 226 Å². The van der Waals surface area contributed by atoms with E-state index in [4.69, 9.17) is 4.74 Å². The van der Waals surface area contributed by atoms with E-state index >= 15 is 0 Å². The number of halogens is 1. The minimum atomic E-state index is -0.393. The maximum atomic E-state index is 13.0. The molecule has 0 radical (unpaired) electrons. The number of esters is 1. The van der Waals surface area contributed by atoms with E-state index in [1.165, 1.54) is 36.4 Å². The van der Waals surface area contributed by atoms with Crippen LogP contribution in [0.2, 0.25) is 0 Å². The summed E-state index contributed by atoms with van der Waals surface area (Å²) >= 11 is 0. The van der Waals surface area contributed by atoms with Crippen LogP contribution < -0.4 is 10.1 Å². The zero-order valence-electron chi connectivity index (χ0n) is 21.3. The first-order valence-corrected chi connectivity index (χ1v) is 12.8. The fraction of sp³-hybridized carbons (Fsp3) is 0.188. The molecule has 0 bridgehead atoms. The van der Waals surface area contributed by atoms with Gasteiger partial charge in [-0.3, -0.25) is 24.5 Å². The average molecular weight is 526 g/mol. The number of carbonyl (C=O) groups excluding carboxylic acids is 4. The van der Waals surface area contributed by atoms with Crippen LogP contribution in [0.4, 0.5) is 4.39 Å². The lowest BCUT2D eigenvalue weighted by atomic mass is 10.0. The number of unbranched alkanes of at least 4 members (excludes halogenated alkanes) is 3. The first-order chi connectivity index (χ1) is 18.9. The van der Waals surface area contributed by atoms with Gasteiger partial charge in [-0.15, -0.1) is 0 Å². The second-order valence-electron chi connectivity index (χ2n) is 9.24. The molecule has 198 valence electrons. The molecule has 1 aliphatic rings. The Morgan fingerprint density at radius 2 is 1.51 bits per heavy atom. The van der Waals surface area contributed by atoms with Gasteiger partial charge in [0.2, 0.25) is 0 Å². The highest BCUT2D eigenvalue weighted by Gasteiger charge is 2.21. The summed E-state index contributed by atoms with van der Waals surface area (Å²) in [5, 5.41) is 2.25. The predicted molar refractivity (Wildman–Crippen MR) is 146 cm³/mol. The maximum Gasteiger partial charge on any atom is 0.311 e. The lowest BCUT2D eigenvalue weighted by Crippen LogP contribution is -2.21. The fourth-order valence-corrected chi connectivity index (χ4v) is 4.14. The molecule has 0 unspecified atom stereocenters. The van der Waals surface area contributed by atoms with Crippen molar-refractivity contribution >= 4 is 35.2 Å². The number of ketones is 1. The third-order valence-corrected chi connectivity index (χ3v) is 6.29. The summed E-state index contributed by atoms with van der Waals surface area (Å²) in [6.07, 6.45) is 9.22. The largest absolute Gasteiger partial charge is 0.427 e. The minimum absolute atomic E-state index is 0.227. The van der Waals surface area contributed by atoms with Crippen LogP contribution in [0.3, 0.4) is 0 Å². The van der Waals surface area contributed by atoms with Crippen LogP contribution in [0.1, 0.15) is 59.2 Å². The molecule has 0 saturated carbocycles. The van der Waals surface area contributed by atoms with E-state index in [1.54, 1.807) is 30.3 Å². The number of ether oxygens (including phenoxy) is 1. The minimum Gasteiger partial charge on any atom is -0.427 e. The lowest BCUT2D eigenvalue weighted by molar-refractivity contribution is -0.134. The van der Waals surface area contributed by atoms with Gasteiger partial charge in [-0.05, 0) is 78.4 Å². The topological polar surface area (TPSA) is 89.5 Å². The van der Waals surface area contributed by atoms with Crippen molar-refractivity contribution in [3.63, 3.8) is 0 Å². The van der Waals surface area contributed by atoms with E-state index in [2.05, 4.69) is 5.32 Å². The highest BCUT2D eigenvalue weighted by molar-refractivity contribution is 6.33. The number of amides is 2. The van der Waals surface area contributed by atoms with Crippen molar-refractivity contribution in [3.05, 3.63) is 113 Å². The van der Waals surface area contributed by atoms with Crippen molar-refractivity contribution in [1.29, 1.82) is 0 Å². The Bertz CT molecular complexity index is 1400. The van der Waals surface area contributed by atoms with E-state index in [9.17, 15) is 23.6 Å². The SMILES string of the molecule is O=C1C=C(c2ccc(CCCCCCC(=O)Oc3ccc(C=CC(=O)c4ccc(F)cc4)cc3)cc2)C(=O)N1. The van der Waals surface area contributed by atoms with Gasteiger partial charge in [0.05, 0.1) is 5.57 Å². The lowest BCUT2D eigenvalue weighted by Gasteiger charge is -2.06. The Balaban J connectivity index is 1.11. The molecule has 1 aliphatic heterocycles. The summed E-state index contributed by atoms with van der Waals surface area (Å²) in [5.41, 5.74) is 3.45. The van der Waals surface area contributed by atoms with Gasteiger partial charge in [0.15, 0.2) is 5.78 Å². The van der Waals surface area contributed by atoms with Gasteiger partial charge in [0, 0.05) is 18.1 Å². The number of rotatable bonds is 12. The third-order valence-electron chi connectivity index (χ3n) is 6.29. The molecule has 1 N–H and O–H groups in total. The zero-order valence-corrected chi connectivity index (χ0v) is 21.3. The van der Waals surface area contributed by atoms with Gasteiger partial charge >= 0.3 is 5.97 Å². The van der Waals surface area contributed by atoms with E-state index in [0.29, 0.717) is 23.3 Å². The van der Waals surface area contributed by atoms with Crippen molar-refractivity contribution in [3.8, 4) is 5.75 Å². The molecule has 0 fully saturated rings. The van der Waals surface area contributed by atoms with Crippen LogP contribution in [0, 0.1) is 5.82 Å². The standard InChI is InChI=1S/C32H28FNO5/c33-26-16-14-25(15-17-26)29(35)20-11-23-9-18-27(19-10-23)39-31(37)6-4-2-1-3-5-22-7-12-24(13-8-22)28-21-30(36)34-32(28)38/h7-21H,1-6H2,(H,34,36,38). The molecule has 7 heteroatoms. The first-order valence-electron chi connectivity index (χ1n) is 12.8. The number of carbonyl (C=O) groups is 4. The number of imide groups is 1.